The van der Waals surface area contributed by atoms with E-state index >= 15 is 0 Å². The molecule has 0 radical (unpaired) electrons. The Morgan fingerprint density at radius 2 is 1.46 bits per heavy atom. The molecule has 0 aliphatic rings. The van der Waals surface area contributed by atoms with Gasteiger partial charge in [-0.3, -0.25) is 24.0 Å². The normalized spacial score (nSPS) is 12.2. The Morgan fingerprint density at radius 3 is 2.04 bits per heavy atom. The van der Waals surface area contributed by atoms with Gasteiger partial charge in [0.2, 0.25) is 11.8 Å². The van der Waals surface area contributed by atoms with Gasteiger partial charge in [-0.1, -0.05) is 84.4 Å². The highest BCUT2D eigenvalue weighted by Gasteiger charge is 2.36. The number of sulfonamides is 1. The zero-order chi connectivity index (χ0) is 33.5. The predicted octanol–water partition coefficient (Wildman–Crippen LogP) is 5.65. The van der Waals surface area contributed by atoms with Crippen molar-refractivity contribution in [3.63, 3.8) is 0 Å². The van der Waals surface area contributed by atoms with Crippen LogP contribution in [0.25, 0.3) is 0 Å². The number of benzene rings is 4. The zero-order valence-corrected chi connectivity index (χ0v) is 27.1. The number of nitro benzene ring substituents is 1. The number of hydrogen-bond donors (Lipinski definition) is 1. The molecule has 0 aromatic heterocycles. The summed E-state index contributed by atoms with van der Waals surface area (Å²) in [5, 5.41) is 14.6. The van der Waals surface area contributed by atoms with Crippen LogP contribution >= 0.6 is 0 Å². The van der Waals surface area contributed by atoms with Gasteiger partial charge in [0.25, 0.3) is 15.7 Å². The van der Waals surface area contributed by atoms with Gasteiger partial charge in [-0.15, -0.1) is 0 Å². The van der Waals surface area contributed by atoms with Crippen molar-refractivity contribution in [1.82, 2.24) is 10.2 Å². The van der Waals surface area contributed by atoms with Crippen molar-refractivity contribution in [2.75, 3.05) is 10.8 Å². The number of nitrogens with zero attached hydrogens (tertiary/aromatic N) is 3. The summed E-state index contributed by atoms with van der Waals surface area (Å²) in [4.78, 5) is 40.7. The maximum atomic E-state index is 14.5. The van der Waals surface area contributed by atoms with E-state index in [0.717, 1.165) is 27.1 Å². The van der Waals surface area contributed by atoms with Crippen LogP contribution in [0.4, 0.5) is 11.4 Å². The highest BCUT2D eigenvalue weighted by molar-refractivity contribution is 7.92. The van der Waals surface area contributed by atoms with Gasteiger partial charge in [-0.05, 0) is 57.0 Å². The summed E-state index contributed by atoms with van der Waals surface area (Å²) in [6.45, 7) is 6.76. The van der Waals surface area contributed by atoms with Crippen LogP contribution in [-0.4, -0.2) is 48.2 Å². The molecule has 2 amide bonds. The fourth-order valence-electron chi connectivity index (χ4n) is 4.91. The van der Waals surface area contributed by atoms with E-state index in [1.54, 1.807) is 18.2 Å². The second-order valence-electron chi connectivity index (χ2n) is 12.1. The Morgan fingerprint density at radius 1 is 0.848 bits per heavy atom. The van der Waals surface area contributed by atoms with E-state index in [1.165, 1.54) is 35.2 Å². The van der Waals surface area contributed by atoms with Gasteiger partial charge < -0.3 is 10.2 Å². The second-order valence-corrected chi connectivity index (χ2v) is 13.9. The first-order chi connectivity index (χ1) is 21.7. The molecule has 1 atom stereocenters. The molecule has 11 heteroatoms. The van der Waals surface area contributed by atoms with Gasteiger partial charge in [0.1, 0.15) is 12.6 Å². The molecule has 0 saturated carbocycles. The van der Waals surface area contributed by atoms with Crippen LogP contribution in [0.15, 0.2) is 114 Å². The minimum atomic E-state index is -4.37. The number of nitro groups is 1. The summed E-state index contributed by atoms with van der Waals surface area (Å²) < 4.78 is 29.0. The maximum Gasteiger partial charge on any atom is 0.271 e. The van der Waals surface area contributed by atoms with Crippen LogP contribution in [-0.2, 0) is 32.6 Å². The van der Waals surface area contributed by atoms with Gasteiger partial charge in [0.05, 0.1) is 15.5 Å². The van der Waals surface area contributed by atoms with Crippen molar-refractivity contribution >= 4 is 33.2 Å². The Balaban J connectivity index is 1.84. The molecule has 4 rings (SSSR count). The zero-order valence-electron chi connectivity index (χ0n) is 26.3. The summed E-state index contributed by atoms with van der Waals surface area (Å²) in [6, 6.07) is 28.4. The first-order valence-corrected chi connectivity index (χ1v) is 16.2. The number of hydrogen-bond acceptors (Lipinski definition) is 6. The summed E-state index contributed by atoms with van der Waals surface area (Å²) in [5.41, 5.74) is 1.57. The first-order valence-electron chi connectivity index (χ1n) is 14.8. The number of non-ortho nitro benzene ring substituents is 1. The molecule has 240 valence electrons. The minimum Gasteiger partial charge on any atom is -0.350 e. The maximum absolute atomic E-state index is 14.5. The van der Waals surface area contributed by atoms with E-state index in [9.17, 15) is 28.1 Å². The van der Waals surface area contributed by atoms with Gasteiger partial charge >= 0.3 is 0 Å². The molecule has 4 aromatic rings. The molecule has 10 nitrogen and oxygen atoms in total. The van der Waals surface area contributed by atoms with Gasteiger partial charge in [-0.25, -0.2) is 8.42 Å². The summed E-state index contributed by atoms with van der Waals surface area (Å²) >= 11 is 0. The molecule has 1 N–H and O–H groups in total. The molecule has 0 spiro atoms. The van der Waals surface area contributed by atoms with E-state index in [2.05, 4.69) is 5.32 Å². The van der Waals surface area contributed by atoms with Crippen molar-refractivity contribution in [3.05, 3.63) is 136 Å². The molecule has 4 aromatic carbocycles. The lowest BCUT2D eigenvalue weighted by molar-refractivity contribution is -0.384. The molecular formula is C35H38N4O6S. The van der Waals surface area contributed by atoms with E-state index < -0.39 is 44.9 Å². The lowest BCUT2D eigenvalue weighted by atomic mass is 10.0. The van der Waals surface area contributed by atoms with Gasteiger partial charge in [0.15, 0.2) is 0 Å². The van der Waals surface area contributed by atoms with Crippen LogP contribution in [0.2, 0.25) is 0 Å². The van der Waals surface area contributed by atoms with E-state index in [-0.39, 0.29) is 29.2 Å². The highest BCUT2D eigenvalue weighted by atomic mass is 32.2. The Labute approximate surface area is 269 Å². The van der Waals surface area contributed by atoms with Crippen molar-refractivity contribution < 1.29 is 22.9 Å². The Bertz CT molecular complexity index is 1770. The number of nitrogens with one attached hydrogen (secondary N) is 1. The van der Waals surface area contributed by atoms with Crippen molar-refractivity contribution in [3.8, 4) is 0 Å². The van der Waals surface area contributed by atoms with Crippen LogP contribution in [0.1, 0.15) is 37.5 Å². The number of carbonyl (C=O) groups is 2. The van der Waals surface area contributed by atoms with Gasteiger partial charge in [-0.2, -0.15) is 0 Å². The third-order valence-electron chi connectivity index (χ3n) is 7.18. The third kappa shape index (κ3) is 8.79. The molecule has 0 unspecified atom stereocenters. The number of amides is 2. The van der Waals surface area contributed by atoms with E-state index in [0.29, 0.717) is 0 Å². The number of carbonyl (C=O) groups excluding carboxylic acids is 2. The number of rotatable bonds is 12. The second kappa shape index (κ2) is 14.4. The van der Waals surface area contributed by atoms with Crippen LogP contribution in [0.5, 0.6) is 0 Å². The fourth-order valence-corrected chi connectivity index (χ4v) is 6.33. The molecule has 46 heavy (non-hydrogen) atoms. The van der Waals surface area contributed by atoms with Crippen molar-refractivity contribution in [2.45, 2.75) is 57.1 Å². The highest BCUT2D eigenvalue weighted by Crippen LogP contribution is 2.28. The molecule has 0 aliphatic heterocycles. The standard InChI is InChI=1S/C35H38N4O6S/c1-26-18-20-28(21-19-26)24-37(32(34(41)36-35(2,3)4)22-27-12-7-5-8-13-27)33(40)25-38(29-14-11-15-30(23-29)39(42)43)46(44,45)31-16-9-6-10-17-31/h5-21,23,32H,22,24-25H2,1-4H3,(H,36,41)/t32-/m0/s1. The quantitative estimate of drug-likeness (QED) is 0.157. The third-order valence-corrected chi connectivity index (χ3v) is 8.97. The van der Waals surface area contributed by atoms with Crippen molar-refractivity contribution in [2.24, 2.45) is 0 Å². The molecule has 0 aliphatic carbocycles. The monoisotopic (exact) mass is 642 g/mol. The SMILES string of the molecule is Cc1ccc(CN(C(=O)CN(c2cccc([N+](=O)[O-])c2)S(=O)(=O)c2ccccc2)[C@@H](Cc2ccccc2)C(=O)NC(C)(C)C)cc1. The summed E-state index contributed by atoms with van der Waals surface area (Å²) in [7, 11) is -4.37. The van der Waals surface area contributed by atoms with Gasteiger partial charge in [0, 0.05) is 30.6 Å². The molecule has 0 saturated heterocycles. The molecule has 0 fully saturated rings. The Kier molecular flexibility index (Phi) is 10.6. The average Bonchev–Trinajstić information content (AvgIpc) is 3.02. The smallest absolute Gasteiger partial charge is 0.271 e. The lowest BCUT2D eigenvalue weighted by Gasteiger charge is -2.35. The minimum absolute atomic E-state index is 0.0162. The fraction of sp³-hybridized carbons (Fsp3) is 0.257. The summed E-state index contributed by atoms with van der Waals surface area (Å²) in [6.07, 6.45) is 0.169. The van der Waals surface area contributed by atoms with Crippen molar-refractivity contribution in [1.29, 1.82) is 0 Å². The lowest BCUT2D eigenvalue weighted by Crippen LogP contribution is -2.56. The molecule has 0 bridgehead atoms. The average molecular weight is 643 g/mol. The van der Waals surface area contributed by atoms with E-state index in [1.807, 2.05) is 82.3 Å². The van der Waals surface area contributed by atoms with Crippen LogP contribution in [0, 0.1) is 17.0 Å². The Hall–Kier alpha value is -5.03. The number of aryl methyl sites for hydroxylation is 1. The topological polar surface area (TPSA) is 130 Å². The number of anilines is 1. The largest absolute Gasteiger partial charge is 0.350 e. The van der Waals surface area contributed by atoms with Crippen LogP contribution in [0.3, 0.4) is 0 Å². The summed E-state index contributed by atoms with van der Waals surface area (Å²) in [5.74, 6) is -1.05. The molecule has 0 heterocycles. The van der Waals surface area contributed by atoms with Crippen LogP contribution < -0.4 is 9.62 Å². The molecular weight excluding hydrogens is 604 g/mol. The first kappa shape index (κ1) is 33.9. The van der Waals surface area contributed by atoms with E-state index in [4.69, 9.17) is 0 Å². The predicted molar refractivity (Wildman–Crippen MR) is 178 cm³/mol.